The largest absolute Gasteiger partial charge is 0.509 e. The number of fused-ring (bicyclic) bond motifs is 1. The minimum Gasteiger partial charge on any atom is -0.458 e. The Bertz CT molecular complexity index is 2360. The summed E-state index contributed by atoms with van der Waals surface area (Å²) in [4.78, 5) is 47.2. The number of aliphatic hydroxyl groups excluding tert-OH is 2. The second-order valence-corrected chi connectivity index (χ2v) is 28.4. The van der Waals surface area contributed by atoms with Crippen LogP contribution in [0.2, 0.25) is 0 Å². The Morgan fingerprint density at radius 1 is 0.787 bits per heavy atom. The van der Waals surface area contributed by atoms with Gasteiger partial charge in [-0.05, 0) is 142 Å². The van der Waals surface area contributed by atoms with Crippen molar-refractivity contribution in [3.05, 3.63) is 91.0 Å². The molecule has 15 nitrogen and oxygen atoms in total. The molecule has 3 aromatic rings. The van der Waals surface area contributed by atoms with Crippen LogP contribution in [0, 0.1) is 23.7 Å². The highest BCUT2D eigenvalue weighted by atomic mass is 31.2. The molecule has 0 saturated carbocycles. The molecule has 0 bridgehead atoms. The number of amides is 1. The number of esters is 1. The Hall–Kier alpha value is -4.02. The molecule has 0 spiro atoms. The Morgan fingerprint density at radius 3 is 1.90 bits per heavy atom. The van der Waals surface area contributed by atoms with E-state index in [0.29, 0.717) is 12.8 Å². The SMILES string of the molecule is CC[C@H]1OC(=O)[C@H](C)[C@@H](C2C[C@@](C)(OC)[C@@H](O)[C@H](C)O2)[C@H](C)[C@@H](O[C@@H]2O[C@H](C)C[C@H](N(C)C)[C@H]2O)[C@](C)(O)C[C@@H](C)CN(C(=O)CCCCCCC[P+](c2ccccc2)(c2ccccc2)c2ccccc2)[C@H](C)[C@H]2OC(=O)O[C@@]21C. The van der Waals surface area contributed by atoms with Gasteiger partial charge in [0.05, 0.1) is 53.7 Å². The molecule has 4 aliphatic heterocycles. The van der Waals surface area contributed by atoms with Crippen LogP contribution in [0.15, 0.2) is 91.0 Å². The molecule has 3 N–H and O–H groups in total. The van der Waals surface area contributed by atoms with Gasteiger partial charge in [0, 0.05) is 38.5 Å². The average Bonchev–Trinajstić information content (AvgIpc) is 3.81. The number of methoxy groups -OCH3 is 1. The van der Waals surface area contributed by atoms with Crippen LogP contribution in [-0.4, -0.2) is 161 Å². The third-order valence-corrected chi connectivity index (χ3v) is 23.0. The number of likely N-dealkylation sites (N-methyl/N-ethyl adjacent to an activating group) is 1. The molecule has 7 rings (SSSR count). The van der Waals surface area contributed by atoms with Crippen LogP contribution in [0.25, 0.3) is 0 Å². The van der Waals surface area contributed by atoms with Crippen molar-refractivity contribution in [2.24, 2.45) is 23.7 Å². The highest BCUT2D eigenvalue weighted by molar-refractivity contribution is 7.95. The third kappa shape index (κ3) is 13.8. The van der Waals surface area contributed by atoms with E-state index in [0.717, 1.165) is 31.8 Å². The maximum Gasteiger partial charge on any atom is 0.509 e. The summed E-state index contributed by atoms with van der Waals surface area (Å²) < 4.78 is 44.7. The van der Waals surface area contributed by atoms with Crippen molar-refractivity contribution in [2.45, 2.75) is 217 Å². The first-order valence-electron chi connectivity index (χ1n) is 29.6. The first-order chi connectivity index (χ1) is 37.9. The molecule has 4 heterocycles. The molecule has 1 unspecified atom stereocenters. The van der Waals surface area contributed by atoms with Crippen molar-refractivity contribution < 1.29 is 62.9 Å². The maximum atomic E-state index is 15.1. The van der Waals surface area contributed by atoms with Crippen molar-refractivity contribution in [2.75, 3.05) is 33.9 Å². The predicted molar refractivity (Wildman–Crippen MR) is 313 cm³/mol. The first kappa shape index (κ1) is 63.6. The van der Waals surface area contributed by atoms with E-state index in [9.17, 15) is 24.9 Å². The Balaban J connectivity index is 1.17. The zero-order chi connectivity index (χ0) is 58.3. The molecule has 18 atom stereocenters. The van der Waals surface area contributed by atoms with Gasteiger partial charge < -0.3 is 58.3 Å². The van der Waals surface area contributed by atoms with E-state index in [1.165, 1.54) is 15.9 Å². The lowest BCUT2D eigenvalue weighted by atomic mass is 9.68. The summed E-state index contributed by atoms with van der Waals surface area (Å²) in [6, 6.07) is 31.7. The topological polar surface area (TPSA) is 183 Å². The van der Waals surface area contributed by atoms with Crippen molar-refractivity contribution in [1.82, 2.24) is 9.80 Å². The summed E-state index contributed by atoms with van der Waals surface area (Å²) >= 11 is 0. The lowest BCUT2D eigenvalue weighted by Gasteiger charge is -2.51. The number of nitrogens with zero attached hydrogens (tertiary/aromatic N) is 2. The summed E-state index contributed by atoms with van der Waals surface area (Å²) in [6.07, 6.45) is -2.19. The fourth-order valence-electron chi connectivity index (χ4n) is 14.2. The molecular weight excluding hydrogens is 1040 g/mol. The summed E-state index contributed by atoms with van der Waals surface area (Å²) in [5, 5.41) is 40.6. The number of unbranched alkanes of at least 4 members (excludes halogenated alkanes) is 4. The maximum absolute atomic E-state index is 15.1. The highest BCUT2D eigenvalue weighted by Crippen LogP contribution is 2.56. The number of hydrogen-bond donors (Lipinski definition) is 3. The van der Waals surface area contributed by atoms with Gasteiger partial charge in [-0.2, -0.15) is 0 Å². The van der Waals surface area contributed by atoms with E-state index in [-0.39, 0.29) is 56.2 Å². The standard InChI is InChI=1S/C64H96N2O13P/c1-14-52-64(10)58(78-61(71)79-64)45(6)66(53(67)35-27-16-15-17-28-36-80(47-29-21-18-22-30-47,48-31-23-19-24-32-48)49-33-25-20-26-34-49)40-41(2)38-62(8,72)57(77-60-55(68)50(65(11)12)37-42(3)74-60)43(4)54(44(5)59(70)76-52)51-39-63(9,73-13)56(69)46(7)75-51/h18-26,29-34,41-46,50-52,54-58,60,68-69,72H,14-17,27-28,35-40H2,1-13H3/q+1/t41-,42-,43+,44-,45-,46+,50+,51?,52-,54+,55-,56+,57-,58-,60+,62-,63-,64-/m1/s1. The van der Waals surface area contributed by atoms with Gasteiger partial charge in [0.25, 0.3) is 0 Å². The smallest absolute Gasteiger partial charge is 0.458 e. The van der Waals surface area contributed by atoms with Gasteiger partial charge >= 0.3 is 12.1 Å². The number of carbonyl (C=O) groups is 3. The van der Waals surface area contributed by atoms with E-state index in [4.69, 9.17) is 33.2 Å². The van der Waals surface area contributed by atoms with Crippen LogP contribution >= 0.6 is 7.26 Å². The van der Waals surface area contributed by atoms with Crippen molar-refractivity contribution in [3.63, 3.8) is 0 Å². The molecule has 0 aromatic heterocycles. The fraction of sp³-hybridized carbons (Fsp3) is 0.672. The Labute approximate surface area is 478 Å². The van der Waals surface area contributed by atoms with E-state index >= 15 is 4.79 Å². The van der Waals surface area contributed by atoms with Gasteiger partial charge in [-0.3, -0.25) is 9.59 Å². The number of aliphatic hydroxyl groups is 3. The van der Waals surface area contributed by atoms with Gasteiger partial charge in [0.1, 0.15) is 41.5 Å². The van der Waals surface area contributed by atoms with Gasteiger partial charge in [-0.25, -0.2) is 4.79 Å². The number of benzene rings is 3. The number of hydrogen-bond acceptors (Lipinski definition) is 14. The van der Waals surface area contributed by atoms with Gasteiger partial charge in [0.15, 0.2) is 18.0 Å². The highest BCUT2D eigenvalue weighted by Gasteiger charge is 2.60. The number of ether oxygens (including phenoxy) is 7. The van der Waals surface area contributed by atoms with Crippen LogP contribution in [0.5, 0.6) is 0 Å². The van der Waals surface area contributed by atoms with Gasteiger partial charge in [-0.1, -0.05) is 95.1 Å². The lowest BCUT2D eigenvalue weighted by Crippen LogP contribution is -2.61. The van der Waals surface area contributed by atoms with Crippen LogP contribution < -0.4 is 15.9 Å². The summed E-state index contributed by atoms with van der Waals surface area (Å²) in [7, 11) is 3.36. The minimum absolute atomic E-state index is 0.116. The van der Waals surface area contributed by atoms with Crippen molar-refractivity contribution in [3.8, 4) is 0 Å². The molecule has 4 aliphatic rings. The van der Waals surface area contributed by atoms with Crippen LogP contribution in [-0.2, 0) is 42.7 Å². The molecule has 0 aliphatic carbocycles. The van der Waals surface area contributed by atoms with E-state index in [2.05, 4.69) is 91.0 Å². The van der Waals surface area contributed by atoms with E-state index < -0.39 is 109 Å². The number of rotatable bonds is 17. The molecule has 4 saturated heterocycles. The molecule has 444 valence electrons. The quantitative estimate of drug-likeness (QED) is 0.0664. The summed E-state index contributed by atoms with van der Waals surface area (Å²) in [6.45, 7) is 18.5. The van der Waals surface area contributed by atoms with Crippen LogP contribution in [0.3, 0.4) is 0 Å². The summed E-state index contributed by atoms with van der Waals surface area (Å²) in [5.41, 5.74) is -4.24. The molecule has 80 heavy (non-hydrogen) atoms. The summed E-state index contributed by atoms with van der Waals surface area (Å²) in [5.74, 6) is -3.48. The molecule has 0 radical (unpaired) electrons. The Kier molecular flexibility index (Phi) is 21.6. The first-order valence-corrected chi connectivity index (χ1v) is 31.6. The van der Waals surface area contributed by atoms with E-state index in [1.807, 2.05) is 60.5 Å². The monoisotopic (exact) mass is 1130 g/mol. The predicted octanol–water partition coefficient (Wildman–Crippen LogP) is 8.59. The zero-order valence-corrected chi connectivity index (χ0v) is 51.0. The van der Waals surface area contributed by atoms with Crippen LogP contribution in [0.1, 0.15) is 133 Å². The van der Waals surface area contributed by atoms with Gasteiger partial charge in [0.2, 0.25) is 5.91 Å². The normalized spacial score (nSPS) is 36.7. The molecule has 16 heteroatoms. The minimum atomic E-state index is -1.97. The fourth-order valence-corrected chi connectivity index (χ4v) is 18.6. The lowest BCUT2D eigenvalue weighted by molar-refractivity contribution is -0.302. The second-order valence-electron chi connectivity index (χ2n) is 24.8. The van der Waals surface area contributed by atoms with E-state index in [1.54, 1.807) is 39.7 Å². The van der Waals surface area contributed by atoms with Gasteiger partial charge in [-0.15, -0.1) is 0 Å². The number of cyclic esters (lactones) is 1. The molecule has 4 fully saturated rings. The average molecular weight is 1130 g/mol. The number of carbonyl (C=O) groups excluding carboxylic acids is 3. The van der Waals surface area contributed by atoms with Crippen LogP contribution in [0.4, 0.5) is 4.79 Å². The second kappa shape index (κ2) is 27.1. The molecule has 3 aromatic carbocycles. The molecule has 1 amide bonds. The zero-order valence-electron chi connectivity index (χ0n) is 50.1. The Morgan fingerprint density at radius 2 is 1.35 bits per heavy atom. The van der Waals surface area contributed by atoms with Crippen molar-refractivity contribution in [1.29, 1.82) is 0 Å². The van der Waals surface area contributed by atoms with Crippen molar-refractivity contribution >= 4 is 41.2 Å². The molecular formula is C64H96N2O13P+. The third-order valence-electron chi connectivity index (χ3n) is 18.5.